The van der Waals surface area contributed by atoms with Crippen molar-refractivity contribution in [3.8, 4) is 0 Å². The average Bonchev–Trinajstić information content (AvgIpc) is 2.34. The number of hydrogen-bond acceptors (Lipinski definition) is 2. The molecule has 1 N–H and O–H groups in total. The van der Waals surface area contributed by atoms with Crippen LogP contribution in [0.5, 0.6) is 0 Å². The lowest BCUT2D eigenvalue weighted by atomic mass is 9.98. The summed E-state index contributed by atoms with van der Waals surface area (Å²) in [5, 5.41) is 3.32. The Labute approximate surface area is 120 Å². The summed E-state index contributed by atoms with van der Waals surface area (Å²) < 4.78 is 0. The molecular formula is C15H23ClN2O. The minimum absolute atomic E-state index is 0.0845. The first-order chi connectivity index (χ1) is 8.81. The molecule has 4 heteroatoms. The summed E-state index contributed by atoms with van der Waals surface area (Å²) in [7, 11) is 0. The van der Waals surface area contributed by atoms with Gasteiger partial charge in [-0.05, 0) is 29.9 Å². The van der Waals surface area contributed by atoms with E-state index < -0.39 is 0 Å². The molecule has 0 saturated heterocycles. The Morgan fingerprint density at radius 2 is 1.89 bits per heavy atom. The average molecular weight is 283 g/mol. The van der Waals surface area contributed by atoms with Crippen LogP contribution in [-0.2, 0) is 0 Å². The Bertz CT molecular complexity index is 444. The molecule has 0 aromatic carbocycles. The van der Waals surface area contributed by atoms with E-state index in [9.17, 15) is 4.79 Å². The van der Waals surface area contributed by atoms with Crippen LogP contribution in [-0.4, -0.2) is 17.4 Å². The number of aromatic nitrogens is 1. The molecule has 1 rings (SSSR count). The predicted molar refractivity (Wildman–Crippen MR) is 79.7 cm³/mol. The van der Waals surface area contributed by atoms with E-state index in [1.165, 1.54) is 0 Å². The van der Waals surface area contributed by atoms with Gasteiger partial charge < -0.3 is 5.32 Å². The number of halogens is 1. The summed E-state index contributed by atoms with van der Waals surface area (Å²) in [6.07, 6.45) is 0. The van der Waals surface area contributed by atoms with Crippen molar-refractivity contribution in [2.75, 3.05) is 6.54 Å². The van der Waals surface area contributed by atoms with Crippen molar-refractivity contribution in [2.45, 2.75) is 40.5 Å². The molecule has 0 bridgehead atoms. The van der Waals surface area contributed by atoms with Crippen LogP contribution in [0.4, 0.5) is 0 Å². The number of amides is 1. The summed E-state index contributed by atoms with van der Waals surface area (Å²) in [6, 6.07) is 3.43. The quantitative estimate of drug-likeness (QED) is 0.833. The van der Waals surface area contributed by atoms with Gasteiger partial charge in [-0.3, -0.25) is 4.79 Å². The zero-order valence-electron chi connectivity index (χ0n) is 12.3. The second kappa shape index (κ2) is 6.90. The molecule has 0 aliphatic heterocycles. The molecule has 19 heavy (non-hydrogen) atoms. The third-order valence-corrected chi connectivity index (χ3v) is 3.58. The van der Waals surface area contributed by atoms with Crippen LogP contribution in [0, 0.1) is 11.8 Å². The highest BCUT2D eigenvalue weighted by atomic mass is 35.5. The van der Waals surface area contributed by atoms with Crippen LogP contribution < -0.4 is 5.32 Å². The smallest absolute Gasteiger partial charge is 0.251 e. The fraction of sp³-hybridized carbons (Fsp3) is 0.600. The Hall–Kier alpha value is -1.09. The van der Waals surface area contributed by atoms with Crippen LogP contribution in [0.15, 0.2) is 12.1 Å². The highest BCUT2D eigenvalue weighted by molar-refractivity contribution is 6.29. The molecule has 0 aliphatic rings. The Balaban J connectivity index is 2.77. The second-order valence-corrected chi connectivity index (χ2v) is 6.08. The molecule has 0 saturated carbocycles. The van der Waals surface area contributed by atoms with E-state index in [2.05, 4.69) is 31.1 Å². The molecule has 0 spiro atoms. The number of hydrogen-bond donors (Lipinski definition) is 1. The van der Waals surface area contributed by atoms with E-state index in [4.69, 9.17) is 11.6 Å². The Morgan fingerprint density at radius 1 is 1.26 bits per heavy atom. The van der Waals surface area contributed by atoms with Gasteiger partial charge in [-0.25, -0.2) is 4.98 Å². The molecule has 1 heterocycles. The van der Waals surface area contributed by atoms with Crippen molar-refractivity contribution >= 4 is 17.5 Å². The van der Waals surface area contributed by atoms with Crippen LogP contribution in [0.25, 0.3) is 0 Å². The second-order valence-electron chi connectivity index (χ2n) is 5.69. The third-order valence-electron chi connectivity index (χ3n) is 3.39. The van der Waals surface area contributed by atoms with E-state index in [-0.39, 0.29) is 11.8 Å². The molecule has 0 fully saturated rings. The van der Waals surface area contributed by atoms with Gasteiger partial charge in [-0.2, -0.15) is 0 Å². The summed E-state index contributed by atoms with van der Waals surface area (Å²) in [4.78, 5) is 16.3. The SMILES string of the molecule is CC(C)c1cc(C(=O)NCC(C)C(C)C)cc(Cl)n1. The van der Waals surface area contributed by atoms with E-state index in [1.807, 2.05) is 19.9 Å². The van der Waals surface area contributed by atoms with E-state index in [0.29, 0.717) is 29.1 Å². The number of nitrogens with one attached hydrogen (secondary N) is 1. The number of carbonyl (C=O) groups excluding carboxylic acids is 1. The zero-order chi connectivity index (χ0) is 14.6. The topological polar surface area (TPSA) is 42.0 Å². The molecule has 1 unspecified atom stereocenters. The van der Waals surface area contributed by atoms with Crippen molar-refractivity contribution in [2.24, 2.45) is 11.8 Å². The summed E-state index contributed by atoms with van der Waals surface area (Å²) in [6.45, 7) is 11.2. The lowest BCUT2D eigenvalue weighted by Crippen LogP contribution is -2.30. The molecule has 106 valence electrons. The van der Waals surface area contributed by atoms with Gasteiger partial charge in [0, 0.05) is 17.8 Å². The number of pyridine rings is 1. The van der Waals surface area contributed by atoms with Gasteiger partial charge in [0.1, 0.15) is 5.15 Å². The number of rotatable bonds is 5. The first-order valence-corrected chi connectivity index (χ1v) is 7.14. The van der Waals surface area contributed by atoms with E-state index in [0.717, 1.165) is 5.69 Å². The molecule has 1 amide bonds. The lowest BCUT2D eigenvalue weighted by molar-refractivity contribution is 0.0944. The van der Waals surface area contributed by atoms with Crippen LogP contribution in [0.1, 0.15) is 56.6 Å². The van der Waals surface area contributed by atoms with Gasteiger partial charge in [0.25, 0.3) is 5.91 Å². The minimum atomic E-state index is -0.0845. The number of nitrogens with zero attached hydrogens (tertiary/aromatic N) is 1. The van der Waals surface area contributed by atoms with E-state index >= 15 is 0 Å². The van der Waals surface area contributed by atoms with Gasteiger partial charge in [-0.1, -0.05) is 46.2 Å². The van der Waals surface area contributed by atoms with Crippen LogP contribution in [0.3, 0.4) is 0 Å². The molecular weight excluding hydrogens is 260 g/mol. The summed E-state index contributed by atoms with van der Waals surface area (Å²) in [5.41, 5.74) is 1.43. The highest BCUT2D eigenvalue weighted by Gasteiger charge is 2.13. The highest BCUT2D eigenvalue weighted by Crippen LogP contribution is 2.18. The Morgan fingerprint density at radius 3 is 2.42 bits per heavy atom. The molecule has 1 aromatic heterocycles. The zero-order valence-corrected chi connectivity index (χ0v) is 13.1. The third kappa shape index (κ3) is 4.83. The van der Waals surface area contributed by atoms with Gasteiger partial charge in [-0.15, -0.1) is 0 Å². The molecule has 1 atom stereocenters. The van der Waals surface area contributed by atoms with Crippen molar-refractivity contribution in [1.82, 2.24) is 10.3 Å². The van der Waals surface area contributed by atoms with Gasteiger partial charge in [0.15, 0.2) is 0 Å². The predicted octanol–water partition coefficient (Wildman–Crippen LogP) is 3.88. The minimum Gasteiger partial charge on any atom is -0.352 e. The first kappa shape index (κ1) is 16.0. The lowest BCUT2D eigenvalue weighted by Gasteiger charge is -2.16. The molecule has 1 aromatic rings. The van der Waals surface area contributed by atoms with Gasteiger partial charge in [0.05, 0.1) is 0 Å². The molecule has 0 radical (unpaired) electrons. The first-order valence-electron chi connectivity index (χ1n) is 6.77. The van der Waals surface area contributed by atoms with Crippen LogP contribution >= 0.6 is 11.6 Å². The normalized spacial score (nSPS) is 12.8. The summed E-state index contributed by atoms with van der Waals surface area (Å²) >= 11 is 5.96. The number of carbonyl (C=O) groups is 1. The van der Waals surface area contributed by atoms with Gasteiger partial charge in [0.2, 0.25) is 0 Å². The largest absolute Gasteiger partial charge is 0.352 e. The van der Waals surface area contributed by atoms with Crippen molar-refractivity contribution < 1.29 is 4.79 Å². The molecule has 0 aliphatic carbocycles. The van der Waals surface area contributed by atoms with Crippen LogP contribution in [0.2, 0.25) is 5.15 Å². The standard InChI is InChI=1S/C15H23ClN2O/c1-9(2)11(5)8-17-15(19)12-6-13(10(3)4)18-14(16)7-12/h6-7,9-11H,8H2,1-5H3,(H,17,19). The maximum atomic E-state index is 12.1. The van der Waals surface area contributed by atoms with Crippen molar-refractivity contribution in [3.63, 3.8) is 0 Å². The van der Waals surface area contributed by atoms with Crippen molar-refractivity contribution in [1.29, 1.82) is 0 Å². The van der Waals surface area contributed by atoms with E-state index in [1.54, 1.807) is 6.07 Å². The monoisotopic (exact) mass is 282 g/mol. The Kier molecular flexibility index (Phi) is 5.80. The summed E-state index contributed by atoms with van der Waals surface area (Å²) in [5.74, 6) is 1.16. The van der Waals surface area contributed by atoms with Gasteiger partial charge >= 0.3 is 0 Å². The maximum Gasteiger partial charge on any atom is 0.251 e. The fourth-order valence-corrected chi connectivity index (χ4v) is 1.75. The fourth-order valence-electron chi connectivity index (χ4n) is 1.54. The molecule has 3 nitrogen and oxygen atoms in total. The maximum absolute atomic E-state index is 12.1. The van der Waals surface area contributed by atoms with Crippen molar-refractivity contribution in [3.05, 3.63) is 28.5 Å².